The van der Waals surface area contributed by atoms with Crippen LogP contribution in [-0.2, 0) is 0 Å². The standard InChI is InChI=1S/C18H23ClN2O3/c1-22-16-10-13-14(19)11-18(23-2)20-15(13)12-17(16)24-9-5-8-21-6-3-4-7-21/h10-12H,3-9H2,1-2H3. The summed E-state index contributed by atoms with van der Waals surface area (Å²) < 4.78 is 16.6. The number of halogens is 1. The second-order valence-corrected chi connectivity index (χ2v) is 6.32. The molecule has 0 aliphatic carbocycles. The monoisotopic (exact) mass is 350 g/mol. The molecule has 1 aliphatic rings. The number of likely N-dealkylation sites (tertiary alicyclic amines) is 1. The van der Waals surface area contributed by atoms with Gasteiger partial charge in [-0.1, -0.05) is 11.6 Å². The lowest BCUT2D eigenvalue weighted by Gasteiger charge is -2.16. The van der Waals surface area contributed by atoms with E-state index < -0.39 is 0 Å². The Morgan fingerprint density at radius 1 is 1.08 bits per heavy atom. The van der Waals surface area contributed by atoms with Crippen LogP contribution in [0.25, 0.3) is 10.9 Å². The molecule has 1 aliphatic heterocycles. The van der Waals surface area contributed by atoms with Crippen LogP contribution in [-0.4, -0.2) is 50.3 Å². The van der Waals surface area contributed by atoms with E-state index in [0.29, 0.717) is 29.0 Å². The highest BCUT2D eigenvalue weighted by Gasteiger charge is 2.13. The Morgan fingerprint density at radius 3 is 2.58 bits per heavy atom. The van der Waals surface area contributed by atoms with Crippen molar-refractivity contribution in [1.29, 1.82) is 0 Å². The van der Waals surface area contributed by atoms with Crippen molar-refractivity contribution in [2.75, 3.05) is 40.5 Å². The van der Waals surface area contributed by atoms with Crippen molar-refractivity contribution in [1.82, 2.24) is 9.88 Å². The largest absolute Gasteiger partial charge is 0.493 e. The van der Waals surface area contributed by atoms with Gasteiger partial charge in [-0.25, -0.2) is 4.98 Å². The predicted octanol–water partition coefficient (Wildman–Crippen LogP) is 3.77. The zero-order valence-electron chi connectivity index (χ0n) is 14.2. The van der Waals surface area contributed by atoms with Crippen LogP contribution in [0.4, 0.5) is 0 Å². The first-order valence-corrected chi connectivity index (χ1v) is 8.66. The van der Waals surface area contributed by atoms with E-state index in [9.17, 15) is 0 Å². The third-order valence-electron chi connectivity index (χ3n) is 4.30. The van der Waals surface area contributed by atoms with Gasteiger partial charge in [-0.2, -0.15) is 0 Å². The Morgan fingerprint density at radius 2 is 1.88 bits per heavy atom. The molecule has 0 N–H and O–H groups in total. The SMILES string of the molecule is COc1cc(Cl)c2cc(OC)c(OCCCN3CCCC3)cc2n1. The van der Waals surface area contributed by atoms with Crippen molar-refractivity contribution in [2.24, 2.45) is 0 Å². The van der Waals surface area contributed by atoms with Crippen molar-refractivity contribution < 1.29 is 14.2 Å². The van der Waals surface area contributed by atoms with Crippen LogP contribution < -0.4 is 14.2 Å². The first kappa shape index (κ1) is 17.1. The molecule has 0 bridgehead atoms. The van der Waals surface area contributed by atoms with Crippen LogP contribution in [0.1, 0.15) is 19.3 Å². The summed E-state index contributed by atoms with van der Waals surface area (Å²) in [5.74, 6) is 1.83. The maximum absolute atomic E-state index is 6.30. The number of hydrogen-bond donors (Lipinski definition) is 0. The lowest BCUT2D eigenvalue weighted by molar-refractivity contribution is 0.254. The van der Waals surface area contributed by atoms with E-state index in [1.165, 1.54) is 25.9 Å². The fourth-order valence-corrected chi connectivity index (χ4v) is 3.27. The van der Waals surface area contributed by atoms with E-state index in [0.717, 1.165) is 23.9 Å². The third-order valence-corrected chi connectivity index (χ3v) is 4.62. The fraction of sp³-hybridized carbons (Fsp3) is 0.500. The van der Waals surface area contributed by atoms with Gasteiger partial charge in [0.25, 0.3) is 0 Å². The average molecular weight is 351 g/mol. The maximum atomic E-state index is 6.30. The number of aromatic nitrogens is 1. The minimum Gasteiger partial charge on any atom is -0.493 e. The summed E-state index contributed by atoms with van der Waals surface area (Å²) in [6, 6.07) is 5.41. The fourth-order valence-electron chi connectivity index (χ4n) is 3.02. The third kappa shape index (κ3) is 3.84. The topological polar surface area (TPSA) is 43.8 Å². The highest BCUT2D eigenvalue weighted by molar-refractivity contribution is 6.35. The Hall–Kier alpha value is -1.72. The summed E-state index contributed by atoms with van der Waals surface area (Å²) in [5.41, 5.74) is 0.731. The van der Waals surface area contributed by atoms with Crippen LogP contribution in [0.2, 0.25) is 5.02 Å². The molecule has 0 spiro atoms. The average Bonchev–Trinajstić information content (AvgIpc) is 3.11. The number of pyridine rings is 1. The van der Waals surface area contributed by atoms with Gasteiger partial charge in [-0.05, 0) is 38.4 Å². The van der Waals surface area contributed by atoms with Crippen LogP contribution in [0.15, 0.2) is 18.2 Å². The zero-order chi connectivity index (χ0) is 16.9. The maximum Gasteiger partial charge on any atom is 0.215 e. The summed E-state index contributed by atoms with van der Waals surface area (Å²) in [5, 5.41) is 1.40. The number of methoxy groups -OCH3 is 2. The van der Waals surface area contributed by atoms with Crippen LogP contribution >= 0.6 is 11.6 Å². The molecule has 0 saturated carbocycles. The van der Waals surface area contributed by atoms with E-state index in [1.807, 2.05) is 12.1 Å². The Kier molecular flexibility index (Phi) is 5.63. The van der Waals surface area contributed by atoms with Gasteiger partial charge < -0.3 is 19.1 Å². The van der Waals surface area contributed by atoms with Gasteiger partial charge in [-0.3, -0.25) is 0 Å². The second kappa shape index (κ2) is 7.90. The molecule has 6 heteroatoms. The number of hydrogen-bond acceptors (Lipinski definition) is 5. The molecule has 5 nitrogen and oxygen atoms in total. The lowest BCUT2D eigenvalue weighted by Crippen LogP contribution is -2.21. The summed E-state index contributed by atoms with van der Waals surface area (Å²) in [7, 11) is 3.20. The molecule has 2 aromatic rings. The van der Waals surface area contributed by atoms with Crippen molar-refractivity contribution in [2.45, 2.75) is 19.3 Å². The summed E-state index contributed by atoms with van der Waals surface area (Å²) in [4.78, 5) is 6.91. The normalized spacial score (nSPS) is 15.0. The van der Waals surface area contributed by atoms with E-state index in [-0.39, 0.29) is 0 Å². The van der Waals surface area contributed by atoms with Crippen LogP contribution in [0, 0.1) is 0 Å². The van der Waals surface area contributed by atoms with Gasteiger partial charge in [0, 0.05) is 24.1 Å². The van der Waals surface area contributed by atoms with Gasteiger partial charge in [0.1, 0.15) is 0 Å². The van der Waals surface area contributed by atoms with Crippen LogP contribution in [0.3, 0.4) is 0 Å². The smallest absolute Gasteiger partial charge is 0.215 e. The molecule has 2 heterocycles. The highest BCUT2D eigenvalue weighted by Crippen LogP contribution is 2.36. The predicted molar refractivity (Wildman–Crippen MR) is 95.6 cm³/mol. The molecule has 0 radical (unpaired) electrons. The van der Waals surface area contributed by atoms with E-state index >= 15 is 0 Å². The Balaban J connectivity index is 1.73. The molecule has 1 aromatic carbocycles. The van der Waals surface area contributed by atoms with Gasteiger partial charge in [0.2, 0.25) is 5.88 Å². The van der Waals surface area contributed by atoms with Gasteiger partial charge >= 0.3 is 0 Å². The van der Waals surface area contributed by atoms with Gasteiger partial charge in [0.05, 0.1) is 31.4 Å². The summed E-state index contributed by atoms with van der Waals surface area (Å²) >= 11 is 6.30. The quantitative estimate of drug-likeness (QED) is 0.711. The molecule has 0 amide bonds. The molecular formula is C18H23ClN2O3. The zero-order valence-corrected chi connectivity index (χ0v) is 14.9. The number of ether oxygens (including phenoxy) is 3. The molecule has 1 fully saturated rings. The molecule has 24 heavy (non-hydrogen) atoms. The number of fused-ring (bicyclic) bond motifs is 1. The minimum atomic E-state index is 0.484. The first-order chi connectivity index (χ1) is 11.7. The summed E-state index contributed by atoms with van der Waals surface area (Å²) in [6.07, 6.45) is 3.62. The number of nitrogens with zero attached hydrogens (tertiary/aromatic N) is 2. The Bertz CT molecular complexity index is 702. The summed E-state index contributed by atoms with van der Waals surface area (Å²) in [6.45, 7) is 4.15. The highest BCUT2D eigenvalue weighted by atomic mass is 35.5. The molecule has 1 saturated heterocycles. The van der Waals surface area contributed by atoms with Crippen molar-refractivity contribution in [3.05, 3.63) is 23.2 Å². The molecular weight excluding hydrogens is 328 g/mol. The van der Waals surface area contributed by atoms with Crippen molar-refractivity contribution in [3.8, 4) is 17.4 Å². The van der Waals surface area contributed by atoms with Crippen molar-refractivity contribution in [3.63, 3.8) is 0 Å². The Labute approximate surface area is 147 Å². The lowest BCUT2D eigenvalue weighted by atomic mass is 10.2. The molecule has 3 rings (SSSR count). The second-order valence-electron chi connectivity index (χ2n) is 5.92. The van der Waals surface area contributed by atoms with E-state index in [4.69, 9.17) is 25.8 Å². The number of rotatable bonds is 7. The van der Waals surface area contributed by atoms with Crippen molar-refractivity contribution >= 4 is 22.5 Å². The van der Waals surface area contributed by atoms with Gasteiger partial charge in [0.15, 0.2) is 11.5 Å². The number of benzene rings is 1. The van der Waals surface area contributed by atoms with E-state index in [2.05, 4.69) is 9.88 Å². The first-order valence-electron chi connectivity index (χ1n) is 8.28. The molecule has 0 unspecified atom stereocenters. The van der Waals surface area contributed by atoms with Gasteiger partial charge in [-0.15, -0.1) is 0 Å². The molecule has 1 aromatic heterocycles. The molecule has 0 atom stereocenters. The molecule has 130 valence electrons. The van der Waals surface area contributed by atoms with E-state index in [1.54, 1.807) is 20.3 Å². The van der Waals surface area contributed by atoms with Crippen LogP contribution in [0.5, 0.6) is 17.4 Å². The minimum absolute atomic E-state index is 0.484.